The number of piperidine rings is 1. The Morgan fingerprint density at radius 3 is 2.30 bits per heavy atom. The summed E-state index contributed by atoms with van der Waals surface area (Å²) < 4.78 is 0. The molecule has 23 heavy (non-hydrogen) atoms. The van der Waals surface area contributed by atoms with Crippen molar-refractivity contribution in [3.05, 3.63) is 65.7 Å². The summed E-state index contributed by atoms with van der Waals surface area (Å²) >= 11 is 0. The molecule has 3 nitrogen and oxygen atoms in total. The van der Waals surface area contributed by atoms with Crippen LogP contribution in [0.25, 0.3) is 0 Å². The molecule has 0 spiro atoms. The van der Waals surface area contributed by atoms with Gasteiger partial charge < -0.3 is 10.2 Å². The predicted octanol–water partition coefficient (Wildman–Crippen LogP) is 2.72. The second-order valence-corrected chi connectivity index (χ2v) is 6.67. The molecular weight excluding hydrogens is 282 g/mol. The molecule has 0 amide bonds. The Hall–Kier alpha value is -1.84. The van der Waals surface area contributed by atoms with E-state index >= 15 is 0 Å². The molecule has 0 radical (unpaired) electrons. The summed E-state index contributed by atoms with van der Waals surface area (Å²) in [4.78, 5) is 2.43. The first-order valence-electron chi connectivity index (χ1n) is 8.71. The van der Waals surface area contributed by atoms with Crippen LogP contribution >= 0.6 is 0 Å². The number of anilines is 1. The molecule has 2 N–H and O–H groups in total. The second kappa shape index (κ2) is 6.34. The molecule has 2 aromatic carbocycles. The normalized spacial score (nSPS) is 20.6. The van der Waals surface area contributed by atoms with Gasteiger partial charge in [0.05, 0.1) is 6.67 Å². The monoisotopic (exact) mass is 307 g/mol. The fraction of sp³-hybridized carbons (Fsp3) is 0.400. The topological polar surface area (TPSA) is 27.3 Å². The lowest BCUT2D eigenvalue weighted by Gasteiger charge is -2.39. The predicted molar refractivity (Wildman–Crippen MR) is 96.0 cm³/mol. The minimum atomic E-state index is 0.148. The van der Waals surface area contributed by atoms with Crippen LogP contribution in [-0.2, 0) is 5.41 Å². The highest BCUT2D eigenvalue weighted by Gasteiger charge is 2.35. The van der Waals surface area contributed by atoms with Crippen molar-refractivity contribution in [2.24, 2.45) is 0 Å². The van der Waals surface area contributed by atoms with Crippen molar-refractivity contribution in [3.8, 4) is 0 Å². The Kier molecular flexibility index (Phi) is 4.06. The van der Waals surface area contributed by atoms with Gasteiger partial charge in [0.15, 0.2) is 0 Å². The van der Waals surface area contributed by atoms with Crippen LogP contribution in [0.2, 0.25) is 0 Å². The summed E-state index contributed by atoms with van der Waals surface area (Å²) in [5.41, 5.74) is 4.42. The minimum Gasteiger partial charge on any atom is -0.357 e. The van der Waals surface area contributed by atoms with Gasteiger partial charge in [0.25, 0.3) is 0 Å². The number of hydrogen-bond acceptors (Lipinski definition) is 3. The zero-order chi connectivity index (χ0) is 15.5. The summed E-state index contributed by atoms with van der Waals surface area (Å²) in [5.74, 6) is 0. The second-order valence-electron chi connectivity index (χ2n) is 6.67. The van der Waals surface area contributed by atoms with Gasteiger partial charge in [-0.1, -0.05) is 42.5 Å². The Balaban J connectivity index is 1.76. The maximum atomic E-state index is 3.53. The molecular formula is C20H25N3. The van der Waals surface area contributed by atoms with Crippen molar-refractivity contribution < 1.29 is 0 Å². The van der Waals surface area contributed by atoms with Crippen LogP contribution in [-0.4, -0.2) is 32.8 Å². The third kappa shape index (κ3) is 2.75. The smallest absolute Gasteiger partial charge is 0.0683 e. The largest absolute Gasteiger partial charge is 0.357 e. The number of rotatable bonds is 3. The van der Waals surface area contributed by atoms with Crippen LogP contribution < -0.4 is 15.5 Å². The first kappa shape index (κ1) is 14.7. The average molecular weight is 307 g/mol. The zero-order valence-corrected chi connectivity index (χ0v) is 13.6. The van der Waals surface area contributed by atoms with Gasteiger partial charge in [0.2, 0.25) is 0 Å². The first-order valence-corrected chi connectivity index (χ1v) is 8.71. The van der Waals surface area contributed by atoms with Crippen molar-refractivity contribution in [2.45, 2.75) is 18.3 Å². The molecule has 2 saturated heterocycles. The number of nitrogens with one attached hydrogen (secondary N) is 2. The number of hydrogen-bond donors (Lipinski definition) is 2. The van der Waals surface area contributed by atoms with Crippen LogP contribution in [0, 0.1) is 0 Å². The van der Waals surface area contributed by atoms with E-state index in [1.807, 2.05) is 0 Å². The van der Waals surface area contributed by atoms with E-state index in [9.17, 15) is 0 Å². The van der Waals surface area contributed by atoms with Gasteiger partial charge in [-0.05, 0) is 49.2 Å². The molecule has 2 fully saturated rings. The Morgan fingerprint density at radius 2 is 1.57 bits per heavy atom. The summed E-state index contributed by atoms with van der Waals surface area (Å²) in [5, 5.41) is 6.96. The Labute approximate surface area is 138 Å². The van der Waals surface area contributed by atoms with E-state index in [-0.39, 0.29) is 5.41 Å². The highest BCUT2D eigenvalue weighted by atomic mass is 15.3. The summed E-state index contributed by atoms with van der Waals surface area (Å²) in [7, 11) is 0. The summed E-state index contributed by atoms with van der Waals surface area (Å²) in [6.45, 7) is 5.32. The van der Waals surface area contributed by atoms with E-state index in [1.165, 1.54) is 29.7 Å². The van der Waals surface area contributed by atoms with Gasteiger partial charge in [-0.2, -0.15) is 0 Å². The highest BCUT2D eigenvalue weighted by Crippen LogP contribution is 2.41. The Morgan fingerprint density at radius 1 is 0.783 bits per heavy atom. The van der Waals surface area contributed by atoms with Crippen LogP contribution in [0.1, 0.15) is 24.0 Å². The first-order chi connectivity index (χ1) is 11.4. The maximum absolute atomic E-state index is 3.53. The zero-order valence-electron chi connectivity index (χ0n) is 13.6. The third-order valence-corrected chi connectivity index (χ3v) is 5.41. The third-order valence-electron chi connectivity index (χ3n) is 5.41. The number of benzene rings is 2. The fourth-order valence-electron chi connectivity index (χ4n) is 4.08. The molecule has 2 aliphatic rings. The van der Waals surface area contributed by atoms with E-state index < -0.39 is 0 Å². The molecule has 0 unspecified atom stereocenters. The molecule has 4 rings (SSSR count). The van der Waals surface area contributed by atoms with Gasteiger partial charge in [0, 0.05) is 24.2 Å². The summed E-state index contributed by atoms with van der Waals surface area (Å²) in [6, 6.07) is 20.3. The standard InChI is InChI=1S/C20H25N3/c1-2-5-17(6-3-1)20(9-11-21-12-10-20)18-7-4-8-19(15-18)23-14-13-22-16-23/h1-8,15,21-22H,9-14,16H2. The Bertz CT molecular complexity index is 641. The molecule has 0 bridgehead atoms. The van der Waals surface area contributed by atoms with Crippen molar-refractivity contribution >= 4 is 5.69 Å². The highest BCUT2D eigenvalue weighted by molar-refractivity contribution is 5.53. The van der Waals surface area contributed by atoms with Gasteiger partial charge in [0.1, 0.15) is 0 Å². The van der Waals surface area contributed by atoms with Gasteiger partial charge in [-0.15, -0.1) is 0 Å². The van der Waals surface area contributed by atoms with Gasteiger partial charge >= 0.3 is 0 Å². The van der Waals surface area contributed by atoms with Crippen molar-refractivity contribution in [1.82, 2.24) is 10.6 Å². The van der Waals surface area contributed by atoms with Crippen LogP contribution in [0.5, 0.6) is 0 Å². The molecule has 0 aliphatic carbocycles. The van der Waals surface area contributed by atoms with Crippen molar-refractivity contribution in [1.29, 1.82) is 0 Å². The van der Waals surface area contributed by atoms with E-state index in [4.69, 9.17) is 0 Å². The van der Waals surface area contributed by atoms with E-state index in [0.29, 0.717) is 0 Å². The van der Waals surface area contributed by atoms with Crippen LogP contribution in [0.15, 0.2) is 54.6 Å². The molecule has 0 atom stereocenters. The van der Waals surface area contributed by atoms with Crippen molar-refractivity contribution in [2.75, 3.05) is 37.7 Å². The molecule has 2 heterocycles. The van der Waals surface area contributed by atoms with Crippen LogP contribution in [0.4, 0.5) is 5.69 Å². The summed E-state index contributed by atoms with van der Waals surface area (Å²) in [6.07, 6.45) is 2.33. The molecule has 2 aromatic rings. The lowest BCUT2D eigenvalue weighted by atomic mass is 9.68. The lowest BCUT2D eigenvalue weighted by Crippen LogP contribution is -2.40. The minimum absolute atomic E-state index is 0.148. The lowest BCUT2D eigenvalue weighted by molar-refractivity contribution is 0.362. The molecule has 2 aliphatic heterocycles. The van der Waals surface area contributed by atoms with E-state index in [0.717, 1.165) is 32.8 Å². The van der Waals surface area contributed by atoms with E-state index in [1.54, 1.807) is 0 Å². The molecule has 120 valence electrons. The molecule has 0 aromatic heterocycles. The SMILES string of the molecule is c1ccc(C2(c3cccc(N4CCNC4)c3)CCNCC2)cc1. The maximum Gasteiger partial charge on any atom is 0.0683 e. The van der Waals surface area contributed by atoms with Crippen molar-refractivity contribution in [3.63, 3.8) is 0 Å². The van der Waals surface area contributed by atoms with Gasteiger partial charge in [-0.25, -0.2) is 0 Å². The number of nitrogens with zero attached hydrogens (tertiary/aromatic N) is 1. The average Bonchev–Trinajstić information content (AvgIpc) is 3.18. The van der Waals surface area contributed by atoms with Crippen LogP contribution in [0.3, 0.4) is 0 Å². The van der Waals surface area contributed by atoms with Gasteiger partial charge in [-0.3, -0.25) is 5.32 Å². The molecule has 0 saturated carbocycles. The van der Waals surface area contributed by atoms with E-state index in [2.05, 4.69) is 70.1 Å². The quantitative estimate of drug-likeness (QED) is 0.913. The molecule has 3 heteroatoms. The fourth-order valence-corrected chi connectivity index (χ4v) is 4.08.